The molecular formula is C23H38FN7O. The number of nitrogens with one attached hydrogen (secondary N) is 3. The van der Waals surface area contributed by atoms with E-state index in [-0.39, 0.29) is 11.7 Å². The molecule has 1 aromatic rings. The molecule has 0 unspecified atom stereocenters. The van der Waals surface area contributed by atoms with Crippen LogP contribution in [0.3, 0.4) is 0 Å². The molecule has 0 radical (unpaired) electrons. The molecule has 3 rings (SSSR count). The second kappa shape index (κ2) is 12.6. The number of para-hydroxylation sites is 1. The maximum absolute atomic E-state index is 14.0. The Bertz CT molecular complexity index is 744. The van der Waals surface area contributed by atoms with Gasteiger partial charge in [-0.3, -0.25) is 19.6 Å². The van der Waals surface area contributed by atoms with Crippen molar-refractivity contribution in [2.24, 2.45) is 4.99 Å². The number of hydrogen-bond acceptors (Lipinski definition) is 5. The number of benzene rings is 1. The number of halogens is 1. The molecule has 2 heterocycles. The van der Waals surface area contributed by atoms with Gasteiger partial charge in [0.1, 0.15) is 5.82 Å². The summed E-state index contributed by atoms with van der Waals surface area (Å²) in [5.74, 6) is 0.780. The average Bonchev–Trinajstić information content (AvgIpc) is 2.83. The number of hydrogen-bond donors (Lipinski definition) is 3. The number of aliphatic imine (C=N–C) groups is 1. The van der Waals surface area contributed by atoms with Crippen LogP contribution in [0, 0.1) is 5.82 Å². The predicted octanol–water partition coefficient (Wildman–Crippen LogP) is 0.713. The summed E-state index contributed by atoms with van der Waals surface area (Å²) in [4.78, 5) is 22.7. The van der Waals surface area contributed by atoms with E-state index in [9.17, 15) is 9.18 Å². The largest absolute Gasteiger partial charge is 0.367 e. The fourth-order valence-electron chi connectivity index (χ4n) is 4.34. The van der Waals surface area contributed by atoms with E-state index >= 15 is 0 Å². The lowest BCUT2D eigenvalue weighted by molar-refractivity contribution is -0.122. The van der Waals surface area contributed by atoms with Gasteiger partial charge < -0.3 is 20.9 Å². The lowest BCUT2D eigenvalue weighted by Crippen LogP contribution is -2.50. The number of carbonyl (C=O) groups excluding carboxylic acids is 1. The Morgan fingerprint density at radius 1 is 1.09 bits per heavy atom. The van der Waals surface area contributed by atoms with Crippen LogP contribution in [-0.4, -0.2) is 101 Å². The maximum atomic E-state index is 14.0. The Labute approximate surface area is 191 Å². The highest BCUT2D eigenvalue weighted by Crippen LogP contribution is 2.20. The molecule has 0 spiro atoms. The van der Waals surface area contributed by atoms with Gasteiger partial charge in [-0.25, -0.2) is 4.39 Å². The third-order valence-electron chi connectivity index (χ3n) is 6.31. The van der Waals surface area contributed by atoms with Gasteiger partial charge >= 0.3 is 0 Å². The molecule has 2 aliphatic rings. The molecular weight excluding hydrogens is 409 g/mol. The smallest absolute Gasteiger partial charge is 0.233 e. The van der Waals surface area contributed by atoms with Crippen LogP contribution in [0.25, 0.3) is 0 Å². The van der Waals surface area contributed by atoms with Crippen LogP contribution in [-0.2, 0) is 4.79 Å². The van der Waals surface area contributed by atoms with Crippen LogP contribution in [0.15, 0.2) is 29.3 Å². The summed E-state index contributed by atoms with van der Waals surface area (Å²) in [6.45, 7) is 7.82. The first-order valence-corrected chi connectivity index (χ1v) is 11.7. The van der Waals surface area contributed by atoms with Crippen LogP contribution in [0.2, 0.25) is 0 Å². The fraction of sp³-hybridized carbons (Fsp3) is 0.652. The summed E-state index contributed by atoms with van der Waals surface area (Å²) in [7, 11) is 3.48. The summed E-state index contributed by atoms with van der Waals surface area (Å²) in [6.07, 6.45) is 3.04. The SMILES string of the molecule is CN=C(NCCCN1CCN(c2ccccc2F)CC1)NC1CCN(CC(=O)NC)CC1. The number of piperazine rings is 1. The molecule has 0 atom stereocenters. The average molecular weight is 448 g/mol. The number of amides is 1. The van der Waals surface area contributed by atoms with Gasteiger partial charge in [0.25, 0.3) is 0 Å². The number of carbonyl (C=O) groups is 1. The molecule has 32 heavy (non-hydrogen) atoms. The maximum Gasteiger partial charge on any atom is 0.233 e. The molecule has 0 bridgehead atoms. The quantitative estimate of drug-likeness (QED) is 0.310. The van der Waals surface area contributed by atoms with Crippen molar-refractivity contribution in [3.63, 3.8) is 0 Å². The highest BCUT2D eigenvalue weighted by molar-refractivity contribution is 5.80. The number of rotatable bonds is 8. The van der Waals surface area contributed by atoms with Crippen molar-refractivity contribution in [1.82, 2.24) is 25.8 Å². The van der Waals surface area contributed by atoms with Crippen LogP contribution < -0.4 is 20.9 Å². The minimum absolute atomic E-state index is 0.0718. The number of nitrogens with zero attached hydrogens (tertiary/aromatic N) is 4. The number of piperidine rings is 1. The molecule has 0 aliphatic carbocycles. The van der Waals surface area contributed by atoms with E-state index in [1.165, 1.54) is 6.07 Å². The van der Waals surface area contributed by atoms with Crippen molar-refractivity contribution >= 4 is 17.6 Å². The molecule has 178 valence electrons. The fourth-order valence-corrected chi connectivity index (χ4v) is 4.34. The molecule has 0 aromatic heterocycles. The standard InChI is InChI=1S/C23H38FN7O/c1-25-22(32)18-30-12-8-19(9-13-30)28-23(26-2)27-10-5-11-29-14-16-31(17-15-29)21-7-4-3-6-20(21)24/h3-4,6-7,19H,5,8-18H2,1-2H3,(H,25,32)(H2,26,27,28). The minimum atomic E-state index is -0.138. The monoisotopic (exact) mass is 447 g/mol. The van der Waals surface area contributed by atoms with E-state index < -0.39 is 0 Å². The van der Waals surface area contributed by atoms with Crippen LogP contribution in [0.5, 0.6) is 0 Å². The van der Waals surface area contributed by atoms with Gasteiger partial charge in [-0.2, -0.15) is 0 Å². The first kappa shape index (κ1) is 24.3. The Kier molecular flexibility index (Phi) is 9.55. The summed E-state index contributed by atoms with van der Waals surface area (Å²) in [5, 5.41) is 9.63. The Hall–Kier alpha value is -2.39. The van der Waals surface area contributed by atoms with E-state index in [1.54, 1.807) is 20.2 Å². The van der Waals surface area contributed by atoms with Crippen molar-refractivity contribution in [2.45, 2.75) is 25.3 Å². The zero-order valence-electron chi connectivity index (χ0n) is 19.4. The van der Waals surface area contributed by atoms with Gasteiger partial charge in [0, 0.05) is 66.0 Å². The van der Waals surface area contributed by atoms with Crippen LogP contribution in [0.4, 0.5) is 10.1 Å². The summed E-state index contributed by atoms with van der Waals surface area (Å²) >= 11 is 0. The minimum Gasteiger partial charge on any atom is -0.367 e. The zero-order chi connectivity index (χ0) is 22.8. The Morgan fingerprint density at radius 3 is 2.47 bits per heavy atom. The second-order valence-corrected chi connectivity index (χ2v) is 8.50. The van der Waals surface area contributed by atoms with E-state index in [4.69, 9.17) is 0 Å². The molecule has 3 N–H and O–H groups in total. The van der Waals surface area contributed by atoms with E-state index in [2.05, 4.69) is 35.6 Å². The number of likely N-dealkylation sites (tertiary alicyclic amines) is 1. The Balaban J connectivity index is 1.28. The number of anilines is 1. The third-order valence-corrected chi connectivity index (χ3v) is 6.31. The van der Waals surface area contributed by atoms with Gasteiger partial charge in [-0.15, -0.1) is 0 Å². The first-order valence-electron chi connectivity index (χ1n) is 11.7. The second-order valence-electron chi connectivity index (χ2n) is 8.50. The van der Waals surface area contributed by atoms with Crippen molar-refractivity contribution in [3.05, 3.63) is 30.1 Å². The molecule has 8 nitrogen and oxygen atoms in total. The molecule has 9 heteroatoms. The zero-order valence-corrected chi connectivity index (χ0v) is 19.4. The van der Waals surface area contributed by atoms with Gasteiger partial charge in [0.05, 0.1) is 12.2 Å². The lowest BCUT2D eigenvalue weighted by atomic mass is 10.1. The van der Waals surface area contributed by atoms with Crippen molar-refractivity contribution < 1.29 is 9.18 Å². The number of guanidine groups is 1. The molecule has 2 saturated heterocycles. The van der Waals surface area contributed by atoms with Crippen LogP contribution in [0.1, 0.15) is 19.3 Å². The summed E-state index contributed by atoms with van der Waals surface area (Å²) in [5.41, 5.74) is 0.711. The van der Waals surface area contributed by atoms with Gasteiger partial charge in [0.2, 0.25) is 5.91 Å². The first-order chi connectivity index (χ1) is 15.6. The van der Waals surface area contributed by atoms with E-state index in [1.807, 2.05) is 12.1 Å². The summed E-state index contributed by atoms with van der Waals surface area (Å²) in [6, 6.07) is 7.41. The molecule has 2 fully saturated rings. The van der Waals surface area contributed by atoms with Gasteiger partial charge in [-0.05, 0) is 37.9 Å². The normalized spacial score (nSPS) is 19.1. The highest BCUT2D eigenvalue weighted by atomic mass is 19.1. The number of likely N-dealkylation sites (N-methyl/N-ethyl adjacent to an activating group) is 1. The van der Waals surface area contributed by atoms with E-state index in [0.717, 1.165) is 77.6 Å². The third kappa shape index (κ3) is 7.34. The topological polar surface area (TPSA) is 75.2 Å². The van der Waals surface area contributed by atoms with Gasteiger partial charge in [0.15, 0.2) is 5.96 Å². The molecule has 1 aromatic carbocycles. The molecule has 1 amide bonds. The highest BCUT2D eigenvalue weighted by Gasteiger charge is 2.21. The van der Waals surface area contributed by atoms with Crippen molar-refractivity contribution in [2.75, 3.05) is 77.9 Å². The van der Waals surface area contributed by atoms with Crippen molar-refractivity contribution in [3.8, 4) is 0 Å². The lowest BCUT2D eigenvalue weighted by Gasteiger charge is -2.36. The molecule has 2 aliphatic heterocycles. The summed E-state index contributed by atoms with van der Waals surface area (Å²) < 4.78 is 14.0. The van der Waals surface area contributed by atoms with Gasteiger partial charge in [-0.1, -0.05) is 12.1 Å². The Morgan fingerprint density at radius 2 is 1.81 bits per heavy atom. The van der Waals surface area contributed by atoms with E-state index in [0.29, 0.717) is 18.3 Å². The van der Waals surface area contributed by atoms with Crippen molar-refractivity contribution in [1.29, 1.82) is 0 Å². The van der Waals surface area contributed by atoms with Crippen LogP contribution >= 0.6 is 0 Å². The predicted molar refractivity (Wildman–Crippen MR) is 128 cm³/mol. The molecule has 0 saturated carbocycles.